The lowest BCUT2D eigenvalue weighted by molar-refractivity contribution is -0.158. The van der Waals surface area contributed by atoms with Gasteiger partial charge in [-0.05, 0) is 25.8 Å². The maximum Gasteiger partial charge on any atom is 0.332 e. The molecular formula is C27H27NO2. The molecule has 0 unspecified atom stereocenters. The second kappa shape index (κ2) is 9.84. The molecule has 3 rings (SSSR count). The van der Waals surface area contributed by atoms with E-state index >= 15 is 0 Å². The molecule has 3 aromatic rings. The number of carbonyl (C=O) groups excluding carboxylic acids is 1. The Kier molecular flexibility index (Phi) is 6.97. The maximum atomic E-state index is 13.1. The van der Waals surface area contributed by atoms with E-state index in [9.17, 15) is 4.79 Å². The summed E-state index contributed by atoms with van der Waals surface area (Å²) in [7, 11) is 0. The molecule has 3 nitrogen and oxygen atoms in total. The number of hydrogen-bond acceptors (Lipinski definition) is 3. The molecule has 0 aromatic heterocycles. The summed E-state index contributed by atoms with van der Waals surface area (Å²) in [5.41, 5.74) is 2.84. The first-order valence-corrected chi connectivity index (χ1v) is 10.1. The van der Waals surface area contributed by atoms with Crippen molar-refractivity contribution in [1.82, 2.24) is 0 Å². The van der Waals surface area contributed by atoms with Crippen LogP contribution < -0.4 is 0 Å². The maximum absolute atomic E-state index is 13.1. The first-order valence-electron chi connectivity index (χ1n) is 10.1. The fraction of sp³-hybridized carbons (Fsp3) is 0.185. The molecule has 0 fully saturated rings. The van der Waals surface area contributed by atoms with Crippen LogP contribution in [0.15, 0.2) is 109 Å². The molecule has 1 atom stereocenters. The Balaban J connectivity index is 1.95. The van der Waals surface area contributed by atoms with Gasteiger partial charge in [-0.2, -0.15) is 0 Å². The molecule has 0 aliphatic heterocycles. The minimum Gasteiger partial charge on any atom is -0.453 e. The molecule has 0 N–H and O–H groups in total. The second-order valence-corrected chi connectivity index (χ2v) is 7.55. The van der Waals surface area contributed by atoms with E-state index in [0.29, 0.717) is 6.42 Å². The largest absolute Gasteiger partial charge is 0.453 e. The Morgan fingerprint density at radius 1 is 0.900 bits per heavy atom. The van der Waals surface area contributed by atoms with Gasteiger partial charge in [0.25, 0.3) is 0 Å². The van der Waals surface area contributed by atoms with Gasteiger partial charge in [0.2, 0.25) is 0 Å². The van der Waals surface area contributed by atoms with Crippen LogP contribution in [-0.2, 0) is 15.1 Å². The molecule has 0 aliphatic carbocycles. The van der Waals surface area contributed by atoms with Crippen molar-refractivity contribution in [3.8, 4) is 0 Å². The van der Waals surface area contributed by atoms with Crippen LogP contribution in [0.3, 0.4) is 0 Å². The molecule has 30 heavy (non-hydrogen) atoms. The van der Waals surface area contributed by atoms with Crippen molar-refractivity contribution >= 4 is 11.7 Å². The van der Waals surface area contributed by atoms with Crippen LogP contribution in [0, 0.1) is 0 Å². The van der Waals surface area contributed by atoms with E-state index in [-0.39, 0.29) is 5.97 Å². The molecule has 3 heteroatoms. The lowest BCUT2D eigenvalue weighted by atomic mass is 9.98. The number of esters is 1. The highest BCUT2D eigenvalue weighted by molar-refractivity contribution is 6.13. The first kappa shape index (κ1) is 21.3. The topological polar surface area (TPSA) is 38.7 Å². The number of carbonyl (C=O) groups is 1. The Bertz CT molecular complexity index is 951. The van der Waals surface area contributed by atoms with Gasteiger partial charge in [-0.25, -0.2) is 4.79 Å². The predicted octanol–water partition coefficient (Wildman–Crippen LogP) is 5.95. The summed E-state index contributed by atoms with van der Waals surface area (Å²) < 4.78 is 5.92. The molecule has 0 radical (unpaired) electrons. The molecule has 0 heterocycles. The summed E-state index contributed by atoms with van der Waals surface area (Å²) >= 11 is 0. The normalized spacial score (nSPS) is 11.9. The van der Waals surface area contributed by atoms with Gasteiger partial charge in [0, 0.05) is 11.1 Å². The number of benzene rings is 3. The van der Waals surface area contributed by atoms with Gasteiger partial charge in [0.1, 0.15) is 5.60 Å². The van der Waals surface area contributed by atoms with Crippen molar-refractivity contribution < 1.29 is 9.53 Å². The van der Waals surface area contributed by atoms with Crippen LogP contribution in [0.1, 0.15) is 37.0 Å². The zero-order valence-electron chi connectivity index (χ0n) is 17.5. The second-order valence-electron chi connectivity index (χ2n) is 7.55. The molecule has 0 saturated heterocycles. The molecular weight excluding hydrogens is 370 g/mol. The zero-order chi connectivity index (χ0) is 21.4. The van der Waals surface area contributed by atoms with Gasteiger partial charge >= 0.3 is 5.97 Å². The van der Waals surface area contributed by atoms with Crippen LogP contribution in [0.5, 0.6) is 0 Å². The highest BCUT2D eigenvalue weighted by Gasteiger charge is 2.29. The van der Waals surface area contributed by atoms with Crippen molar-refractivity contribution in [1.29, 1.82) is 0 Å². The minimum atomic E-state index is -0.757. The summed E-state index contributed by atoms with van der Waals surface area (Å²) in [6.07, 6.45) is 2.10. The zero-order valence-corrected chi connectivity index (χ0v) is 17.5. The van der Waals surface area contributed by atoms with Gasteiger partial charge in [-0.15, -0.1) is 6.58 Å². The highest BCUT2D eigenvalue weighted by atomic mass is 16.6. The molecule has 152 valence electrons. The summed E-state index contributed by atoms with van der Waals surface area (Å²) in [6, 6.07) is 28.8. The van der Waals surface area contributed by atoms with E-state index in [1.54, 1.807) is 6.08 Å². The Hall–Kier alpha value is -3.46. The lowest BCUT2D eigenvalue weighted by Crippen LogP contribution is -2.32. The molecule has 0 saturated carbocycles. The standard InChI is InChI=1S/C27H27NO2/c1-4-14-24(26(29)30-27(2,3)23-19-12-7-13-20-23)28-25(21-15-8-5-9-16-21)22-17-10-6-11-18-22/h4-13,15-20,24H,1,14H2,2-3H3/t24-/m1/s1. The SMILES string of the molecule is C=CC[C@@H](N=C(c1ccccc1)c1ccccc1)C(=O)OC(C)(C)c1ccccc1. The van der Waals surface area contributed by atoms with E-state index in [0.717, 1.165) is 22.4 Å². The molecule has 0 aliphatic rings. The van der Waals surface area contributed by atoms with Crippen molar-refractivity contribution in [2.24, 2.45) is 4.99 Å². The first-order chi connectivity index (χ1) is 14.5. The van der Waals surface area contributed by atoms with Crippen LogP contribution >= 0.6 is 0 Å². The summed E-state index contributed by atoms with van der Waals surface area (Å²) in [5, 5.41) is 0. The number of aliphatic imine (C=N–C) groups is 1. The Labute approximate surface area is 178 Å². The van der Waals surface area contributed by atoms with Crippen molar-refractivity contribution in [3.63, 3.8) is 0 Å². The third kappa shape index (κ3) is 5.32. The third-order valence-corrected chi connectivity index (χ3v) is 4.87. The van der Waals surface area contributed by atoms with E-state index in [1.807, 2.05) is 105 Å². The number of ether oxygens (including phenoxy) is 1. The van der Waals surface area contributed by atoms with Gasteiger partial charge in [-0.1, -0.05) is 97.1 Å². The Morgan fingerprint density at radius 3 is 1.83 bits per heavy atom. The number of hydrogen-bond donors (Lipinski definition) is 0. The molecule has 0 amide bonds. The summed E-state index contributed by atoms with van der Waals surface area (Å²) in [5.74, 6) is -0.367. The summed E-state index contributed by atoms with van der Waals surface area (Å²) in [6.45, 7) is 7.60. The lowest BCUT2D eigenvalue weighted by Gasteiger charge is -2.27. The number of nitrogens with zero attached hydrogens (tertiary/aromatic N) is 1. The minimum absolute atomic E-state index is 0.367. The Morgan fingerprint density at radius 2 is 1.37 bits per heavy atom. The van der Waals surface area contributed by atoms with Crippen molar-refractivity contribution in [2.75, 3.05) is 0 Å². The fourth-order valence-corrected chi connectivity index (χ4v) is 3.24. The number of rotatable bonds is 8. The van der Waals surface area contributed by atoms with Crippen LogP contribution in [0.25, 0.3) is 0 Å². The van der Waals surface area contributed by atoms with Gasteiger partial charge in [-0.3, -0.25) is 4.99 Å². The quantitative estimate of drug-likeness (QED) is 0.268. The summed E-state index contributed by atoms with van der Waals surface area (Å²) in [4.78, 5) is 18.0. The van der Waals surface area contributed by atoms with Gasteiger partial charge in [0.05, 0.1) is 5.71 Å². The molecule has 3 aromatic carbocycles. The third-order valence-electron chi connectivity index (χ3n) is 4.87. The van der Waals surface area contributed by atoms with Crippen molar-refractivity contribution in [2.45, 2.75) is 31.9 Å². The van der Waals surface area contributed by atoms with E-state index in [2.05, 4.69) is 6.58 Å². The predicted molar refractivity (Wildman–Crippen MR) is 123 cm³/mol. The average Bonchev–Trinajstić information content (AvgIpc) is 2.78. The van der Waals surface area contributed by atoms with Gasteiger partial charge < -0.3 is 4.74 Å². The van der Waals surface area contributed by atoms with Crippen LogP contribution in [-0.4, -0.2) is 17.7 Å². The molecule has 0 spiro atoms. The monoisotopic (exact) mass is 397 g/mol. The van der Waals surface area contributed by atoms with E-state index in [4.69, 9.17) is 9.73 Å². The smallest absolute Gasteiger partial charge is 0.332 e. The van der Waals surface area contributed by atoms with Gasteiger partial charge in [0.15, 0.2) is 6.04 Å². The van der Waals surface area contributed by atoms with Crippen LogP contribution in [0.2, 0.25) is 0 Å². The highest BCUT2D eigenvalue weighted by Crippen LogP contribution is 2.26. The fourth-order valence-electron chi connectivity index (χ4n) is 3.24. The van der Waals surface area contributed by atoms with Crippen molar-refractivity contribution in [3.05, 3.63) is 120 Å². The van der Waals surface area contributed by atoms with E-state index in [1.165, 1.54) is 0 Å². The molecule has 0 bridgehead atoms. The average molecular weight is 398 g/mol. The van der Waals surface area contributed by atoms with E-state index < -0.39 is 11.6 Å². The van der Waals surface area contributed by atoms with Crippen LogP contribution in [0.4, 0.5) is 0 Å².